The van der Waals surface area contributed by atoms with Crippen molar-refractivity contribution in [1.29, 1.82) is 0 Å². The minimum atomic E-state index is -0.0118. The highest BCUT2D eigenvalue weighted by molar-refractivity contribution is 5.90. The van der Waals surface area contributed by atoms with Gasteiger partial charge in [-0.1, -0.05) is 18.2 Å². The molecule has 4 N–H and O–H groups in total. The van der Waals surface area contributed by atoms with Crippen LogP contribution in [0.25, 0.3) is 0 Å². The topological polar surface area (TPSA) is 75.2 Å². The molecule has 0 aliphatic carbocycles. The third kappa shape index (κ3) is 6.01. The molecule has 1 amide bonds. The zero-order chi connectivity index (χ0) is 12.5. The molecule has 5 heteroatoms. The Labute approximate surface area is 101 Å². The van der Waals surface area contributed by atoms with E-state index >= 15 is 0 Å². The van der Waals surface area contributed by atoms with Crippen LogP contribution in [0.1, 0.15) is 12.8 Å². The summed E-state index contributed by atoms with van der Waals surface area (Å²) in [6.45, 7) is 0.398. The number of quaternary nitrogens is 1. The van der Waals surface area contributed by atoms with Gasteiger partial charge in [0.1, 0.15) is 12.6 Å². The largest absolute Gasteiger partial charge is 0.353 e. The first-order valence-electron chi connectivity index (χ1n) is 5.56. The number of carbonyl (C=O) groups is 1. The Hall–Kier alpha value is -1.43. The maximum Gasteiger partial charge on any atom is 0.224 e. The van der Waals surface area contributed by atoms with E-state index in [-0.39, 0.29) is 11.9 Å². The third-order valence-electron chi connectivity index (χ3n) is 2.26. The fourth-order valence-corrected chi connectivity index (χ4v) is 1.33. The van der Waals surface area contributed by atoms with Gasteiger partial charge < -0.3 is 11.1 Å². The number of anilines is 1. The number of amides is 1. The predicted molar refractivity (Wildman–Crippen MR) is 63.9 cm³/mol. The third-order valence-corrected chi connectivity index (χ3v) is 2.26. The molecule has 0 heterocycles. The molecule has 0 fully saturated rings. The van der Waals surface area contributed by atoms with E-state index in [2.05, 4.69) is 15.9 Å². The van der Waals surface area contributed by atoms with Crippen LogP contribution >= 0.6 is 0 Å². The molecule has 1 atom stereocenters. The van der Waals surface area contributed by atoms with Gasteiger partial charge in [-0.15, -0.1) is 0 Å². The van der Waals surface area contributed by atoms with Gasteiger partial charge in [-0.05, 0) is 12.1 Å². The van der Waals surface area contributed by atoms with E-state index in [1.165, 1.54) is 7.11 Å². The lowest BCUT2D eigenvalue weighted by Crippen LogP contribution is -2.63. The summed E-state index contributed by atoms with van der Waals surface area (Å²) in [4.78, 5) is 20.8. The Bertz CT molecular complexity index is 330. The maximum atomic E-state index is 11.6. The fourth-order valence-electron chi connectivity index (χ4n) is 1.33. The lowest BCUT2D eigenvalue weighted by molar-refractivity contribution is -0.447. The van der Waals surface area contributed by atoms with Crippen molar-refractivity contribution >= 4 is 11.6 Å². The SMILES string of the molecule is COOC[C@@H]([NH3+])CCC(=O)Nc1ccccc1. The average Bonchev–Trinajstić information content (AvgIpc) is 2.35. The van der Waals surface area contributed by atoms with Crippen LogP contribution in [0.3, 0.4) is 0 Å². The first-order chi connectivity index (χ1) is 8.22. The molecule has 0 spiro atoms. The maximum absolute atomic E-state index is 11.6. The van der Waals surface area contributed by atoms with Crippen molar-refractivity contribution in [2.24, 2.45) is 0 Å². The summed E-state index contributed by atoms with van der Waals surface area (Å²) in [5.74, 6) is -0.0118. The molecule has 17 heavy (non-hydrogen) atoms. The summed E-state index contributed by atoms with van der Waals surface area (Å²) in [5, 5.41) is 2.81. The van der Waals surface area contributed by atoms with Crippen molar-refractivity contribution in [3.8, 4) is 0 Å². The van der Waals surface area contributed by atoms with Crippen molar-refractivity contribution in [1.82, 2.24) is 0 Å². The highest BCUT2D eigenvalue weighted by Crippen LogP contribution is 2.06. The van der Waals surface area contributed by atoms with Gasteiger partial charge in [-0.3, -0.25) is 4.79 Å². The van der Waals surface area contributed by atoms with Crippen LogP contribution in [0.4, 0.5) is 5.69 Å². The van der Waals surface area contributed by atoms with Gasteiger partial charge in [-0.25, -0.2) is 9.78 Å². The normalized spacial score (nSPS) is 12.1. The second kappa shape index (κ2) is 7.78. The van der Waals surface area contributed by atoms with E-state index in [1.807, 2.05) is 30.3 Å². The monoisotopic (exact) mass is 239 g/mol. The summed E-state index contributed by atoms with van der Waals surface area (Å²) in [7, 11) is 1.45. The molecule has 0 bridgehead atoms. The predicted octanol–water partition coefficient (Wildman–Crippen LogP) is 0.594. The Morgan fingerprint density at radius 2 is 2.12 bits per heavy atom. The summed E-state index contributed by atoms with van der Waals surface area (Å²) in [5.41, 5.74) is 4.68. The van der Waals surface area contributed by atoms with E-state index in [4.69, 9.17) is 4.89 Å². The molecule has 0 aliphatic heterocycles. The Balaban J connectivity index is 2.21. The van der Waals surface area contributed by atoms with E-state index in [9.17, 15) is 4.79 Å². The van der Waals surface area contributed by atoms with Crippen molar-refractivity contribution in [3.63, 3.8) is 0 Å². The fraction of sp³-hybridized carbons (Fsp3) is 0.417. The first-order valence-corrected chi connectivity index (χ1v) is 5.56. The lowest BCUT2D eigenvalue weighted by atomic mass is 10.1. The molecule has 94 valence electrons. The number of rotatable bonds is 7. The standard InChI is InChI=1S/C12H18N2O3/c1-16-17-9-10(13)7-8-12(15)14-11-5-3-2-4-6-11/h2-6,10H,7-9,13H2,1H3,(H,14,15)/p+1/t10-/m0/s1. The van der Waals surface area contributed by atoms with Gasteiger partial charge in [0.05, 0.1) is 7.11 Å². The first kappa shape index (κ1) is 13.6. The van der Waals surface area contributed by atoms with Crippen LogP contribution < -0.4 is 11.1 Å². The Kier molecular flexibility index (Phi) is 6.24. The summed E-state index contributed by atoms with van der Waals surface area (Å²) >= 11 is 0. The highest BCUT2D eigenvalue weighted by Gasteiger charge is 2.10. The quantitative estimate of drug-likeness (QED) is 0.540. The molecule has 0 saturated carbocycles. The molecule has 1 aromatic carbocycles. The number of benzene rings is 1. The van der Waals surface area contributed by atoms with Crippen LogP contribution in [-0.2, 0) is 14.6 Å². The van der Waals surface area contributed by atoms with Crippen LogP contribution in [0.2, 0.25) is 0 Å². The van der Waals surface area contributed by atoms with Crippen molar-refractivity contribution in [3.05, 3.63) is 30.3 Å². The molecule has 0 aliphatic rings. The highest BCUT2D eigenvalue weighted by atomic mass is 17.2. The average molecular weight is 239 g/mol. The molecule has 0 unspecified atom stereocenters. The van der Waals surface area contributed by atoms with E-state index in [1.54, 1.807) is 0 Å². The van der Waals surface area contributed by atoms with E-state index in [0.29, 0.717) is 19.4 Å². The smallest absolute Gasteiger partial charge is 0.224 e. The van der Waals surface area contributed by atoms with Crippen molar-refractivity contribution < 1.29 is 20.3 Å². The van der Waals surface area contributed by atoms with Crippen LogP contribution in [0, 0.1) is 0 Å². The number of para-hydroxylation sites is 1. The summed E-state index contributed by atoms with van der Waals surface area (Å²) in [6.07, 6.45) is 1.10. The molecular weight excluding hydrogens is 220 g/mol. The van der Waals surface area contributed by atoms with Gasteiger partial charge >= 0.3 is 0 Å². The van der Waals surface area contributed by atoms with Crippen LogP contribution in [0.5, 0.6) is 0 Å². The molecule has 5 nitrogen and oxygen atoms in total. The Morgan fingerprint density at radius 3 is 2.76 bits per heavy atom. The van der Waals surface area contributed by atoms with Crippen LogP contribution in [0.15, 0.2) is 30.3 Å². The van der Waals surface area contributed by atoms with Crippen molar-refractivity contribution in [2.75, 3.05) is 19.0 Å². The zero-order valence-electron chi connectivity index (χ0n) is 10.0. The zero-order valence-corrected chi connectivity index (χ0v) is 10.0. The number of hydrogen-bond donors (Lipinski definition) is 2. The second-order valence-electron chi connectivity index (χ2n) is 3.77. The summed E-state index contributed by atoms with van der Waals surface area (Å²) < 4.78 is 0. The molecule has 1 rings (SSSR count). The second-order valence-corrected chi connectivity index (χ2v) is 3.77. The van der Waals surface area contributed by atoms with Gasteiger partial charge in [0.2, 0.25) is 5.91 Å². The summed E-state index contributed by atoms with van der Waals surface area (Å²) in [6, 6.07) is 9.43. The lowest BCUT2D eigenvalue weighted by Gasteiger charge is -2.08. The number of nitrogens with one attached hydrogen (secondary N) is 1. The molecule has 1 aromatic rings. The van der Waals surface area contributed by atoms with Gasteiger partial charge in [-0.2, -0.15) is 0 Å². The molecule has 0 radical (unpaired) electrons. The minimum Gasteiger partial charge on any atom is -0.353 e. The molecule has 0 saturated heterocycles. The molecular formula is C12H19N2O3+. The van der Waals surface area contributed by atoms with Crippen LogP contribution in [-0.4, -0.2) is 25.7 Å². The van der Waals surface area contributed by atoms with Crippen molar-refractivity contribution in [2.45, 2.75) is 18.9 Å². The van der Waals surface area contributed by atoms with E-state index in [0.717, 1.165) is 5.69 Å². The minimum absolute atomic E-state index is 0.0118. The van der Waals surface area contributed by atoms with E-state index < -0.39 is 0 Å². The number of carbonyl (C=O) groups excluding carboxylic acids is 1. The number of hydrogen-bond acceptors (Lipinski definition) is 3. The van der Waals surface area contributed by atoms with Gasteiger partial charge in [0.15, 0.2) is 0 Å². The van der Waals surface area contributed by atoms with Gasteiger partial charge in [0, 0.05) is 18.5 Å². The molecule has 0 aromatic heterocycles. The van der Waals surface area contributed by atoms with Gasteiger partial charge in [0.25, 0.3) is 0 Å². The Morgan fingerprint density at radius 1 is 1.41 bits per heavy atom.